The smallest absolute Gasteiger partial charge is 0.220 e. The summed E-state index contributed by atoms with van der Waals surface area (Å²) in [5.74, 6) is 0.731. The molecular formula is C18H26N6O. The molecule has 2 heterocycles. The highest BCUT2D eigenvalue weighted by molar-refractivity contribution is 6.07. The fraction of sp³-hybridized carbons (Fsp3) is 0.556. The molecule has 0 atom stereocenters. The average molecular weight is 342 g/mol. The second kappa shape index (κ2) is 6.55. The first-order chi connectivity index (χ1) is 12.2. The molecule has 134 valence electrons. The number of rotatable bonds is 2. The number of nitrogens with zero attached hydrogens (tertiary/aromatic N) is 4. The highest BCUT2D eigenvalue weighted by Crippen LogP contribution is 2.42. The summed E-state index contributed by atoms with van der Waals surface area (Å²) in [6.45, 7) is 3.24. The summed E-state index contributed by atoms with van der Waals surface area (Å²) in [7, 11) is 0. The molecular weight excluding hydrogens is 316 g/mol. The summed E-state index contributed by atoms with van der Waals surface area (Å²) in [5, 5.41) is 0. The highest BCUT2D eigenvalue weighted by Gasteiger charge is 2.43. The first-order valence-electron chi connectivity index (χ1n) is 9.11. The molecule has 0 aromatic heterocycles. The van der Waals surface area contributed by atoms with E-state index in [1.807, 2.05) is 6.07 Å². The van der Waals surface area contributed by atoms with E-state index in [9.17, 15) is 0 Å². The van der Waals surface area contributed by atoms with Gasteiger partial charge in [-0.25, -0.2) is 4.99 Å². The number of hydrogen-bond donors (Lipinski definition) is 2. The van der Waals surface area contributed by atoms with Crippen molar-refractivity contribution in [3.8, 4) is 0 Å². The van der Waals surface area contributed by atoms with Crippen molar-refractivity contribution in [1.82, 2.24) is 0 Å². The van der Waals surface area contributed by atoms with Crippen LogP contribution in [0.15, 0.2) is 34.3 Å². The molecule has 7 heteroatoms. The Kier molecular flexibility index (Phi) is 4.25. The molecule has 0 radical (unpaired) electrons. The molecule has 2 fully saturated rings. The Balaban J connectivity index is 1.78. The maximum atomic E-state index is 6.38. The van der Waals surface area contributed by atoms with E-state index in [0.717, 1.165) is 63.4 Å². The summed E-state index contributed by atoms with van der Waals surface area (Å²) in [6, 6.07) is 8.37. The van der Waals surface area contributed by atoms with Crippen LogP contribution in [0.2, 0.25) is 0 Å². The standard InChI is InChI=1S/C18H26N6O/c19-16-21-17(20)24(18(22-16)8-4-1-5-9-18)15-7-3-2-6-14(15)23-10-12-25-13-11-23/h2-3,6-7H,1,4-5,8-13H2,(H4,19,20,21,22). The fourth-order valence-electron chi connectivity index (χ4n) is 4.19. The molecule has 3 aliphatic rings. The van der Waals surface area contributed by atoms with E-state index < -0.39 is 5.66 Å². The molecule has 2 aliphatic heterocycles. The lowest BCUT2D eigenvalue weighted by Crippen LogP contribution is -2.58. The van der Waals surface area contributed by atoms with Gasteiger partial charge in [0.05, 0.1) is 24.6 Å². The Labute approximate surface area is 148 Å². The first kappa shape index (κ1) is 16.2. The normalized spacial score (nSPS) is 23.4. The number of aliphatic imine (C=N–C) groups is 2. The lowest BCUT2D eigenvalue weighted by Gasteiger charge is -2.47. The minimum Gasteiger partial charge on any atom is -0.378 e. The lowest BCUT2D eigenvalue weighted by molar-refractivity contribution is 0.122. The van der Waals surface area contributed by atoms with Crippen LogP contribution < -0.4 is 21.3 Å². The van der Waals surface area contributed by atoms with Gasteiger partial charge in [0.2, 0.25) is 11.9 Å². The molecule has 4 N–H and O–H groups in total. The summed E-state index contributed by atoms with van der Waals surface area (Å²) in [6.07, 6.45) is 5.37. The van der Waals surface area contributed by atoms with Crippen LogP contribution >= 0.6 is 0 Å². The van der Waals surface area contributed by atoms with Crippen molar-refractivity contribution in [2.24, 2.45) is 21.5 Å². The third-order valence-corrected chi connectivity index (χ3v) is 5.33. The Hall–Kier alpha value is -2.28. The van der Waals surface area contributed by atoms with E-state index in [-0.39, 0.29) is 0 Å². The van der Waals surface area contributed by atoms with Gasteiger partial charge in [-0.3, -0.25) is 4.90 Å². The van der Waals surface area contributed by atoms with E-state index in [1.54, 1.807) is 0 Å². The molecule has 0 amide bonds. The van der Waals surface area contributed by atoms with Crippen LogP contribution in [0.3, 0.4) is 0 Å². The van der Waals surface area contributed by atoms with Gasteiger partial charge in [-0.15, -0.1) is 0 Å². The van der Waals surface area contributed by atoms with Crippen LogP contribution in [-0.2, 0) is 4.74 Å². The van der Waals surface area contributed by atoms with Crippen LogP contribution in [0.25, 0.3) is 0 Å². The summed E-state index contributed by atoms with van der Waals surface area (Å²) in [4.78, 5) is 13.5. The van der Waals surface area contributed by atoms with E-state index in [4.69, 9.17) is 21.2 Å². The number of morpholine rings is 1. The molecule has 4 rings (SSSR count). The first-order valence-corrected chi connectivity index (χ1v) is 9.11. The predicted octanol–water partition coefficient (Wildman–Crippen LogP) is 1.63. The molecule has 1 aliphatic carbocycles. The monoisotopic (exact) mass is 342 g/mol. The van der Waals surface area contributed by atoms with Crippen molar-refractivity contribution >= 4 is 23.3 Å². The second-order valence-corrected chi connectivity index (χ2v) is 6.91. The van der Waals surface area contributed by atoms with Crippen molar-refractivity contribution in [1.29, 1.82) is 0 Å². The van der Waals surface area contributed by atoms with Crippen molar-refractivity contribution < 1.29 is 4.74 Å². The van der Waals surface area contributed by atoms with E-state index in [2.05, 4.69) is 33.0 Å². The average Bonchev–Trinajstić information content (AvgIpc) is 2.63. The molecule has 1 aromatic rings. The molecule has 1 saturated carbocycles. The summed E-state index contributed by atoms with van der Waals surface area (Å²) in [5.41, 5.74) is 14.2. The predicted molar refractivity (Wildman–Crippen MR) is 101 cm³/mol. The quantitative estimate of drug-likeness (QED) is 0.852. The van der Waals surface area contributed by atoms with Gasteiger partial charge in [-0.2, -0.15) is 4.99 Å². The van der Waals surface area contributed by atoms with Crippen LogP contribution in [0.5, 0.6) is 0 Å². The number of ether oxygens (including phenoxy) is 1. The van der Waals surface area contributed by atoms with Crippen molar-refractivity contribution in [2.75, 3.05) is 36.1 Å². The third-order valence-electron chi connectivity index (χ3n) is 5.33. The number of hydrogen-bond acceptors (Lipinski definition) is 7. The lowest BCUT2D eigenvalue weighted by atomic mass is 9.87. The molecule has 25 heavy (non-hydrogen) atoms. The number of anilines is 2. The maximum Gasteiger partial charge on any atom is 0.220 e. The van der Waals surface area contributed by atoms with Gasteiger partial charge in [0.15, 0.2) is 0 Å². The Bertz CT molecular complexity index is 689. The Morgan fingerprint density at radius 3 is 2.36 bits per heavy atom. The van der Waals surface area contributed by atoms with Gasteiger partial charge >= 0.3 is 0 Å². The Morgan fingerprint density at radius 2 is 1.64 bits per heavy atom. The SMILES string of the molecule is NC1=NC2(CCCCC2)N(c2ccccc2N2CCOCC2)C(N)=N1. The molecule has 7 nitrogen and oxygen atoms in total. The number of para-hydroxylation sites is 2. The highest BCUT2D eigenvalue weighted by atomic mass is 16.5. The van der Waals surface area contributed by atoms with Gasteiger partial charge in [0, 0.05) is 13.1 Å². The second-order valence-electron chi connectivity index (χ2n) is 6.91. The van der Waals surface area contributed by atoms with Gasteiger partial charge in [0.25, 0.3) is 0 Å². The summed E-state index contributed by atoms with van der Waals surface area (Å²) >= 11 is 0. The minimum atomic E-state index is -0.406. The molecule has 1 aromatic carbocycles. The van der Waals surface area contributed by atoms with E-state index >= 15 is 0 Å². The van der Waals surface area contributed by atoms with Crippen molar-refractivity contribution in [3.63, 3.8) is 0 Å². The van der Waals surface area contributed by atoms with Gasteiger partial charge in [-0.05, 0) is 37.8 Å². The van der Waals surface area contributed by atoms with Gasteiger partial charge in [-0.1, -0.05) is 18.6 Å². The van der Waals surface area contributed by atoms with Crippen LogP contribution in [0.1, 0.15) is 32.1 Å². The number of nitrogens with two attached hydrogens (primary N) is 2. The third kappa shape index (κ3) is 2.93. The Morgan fingerprint density at radius 1 is 0.960 bits per heavy atom. The van der Waals surface area contributed by atoms with E-state index in [0.29, 0.717) is 11.9 Å². The largest absolute Gasteiger partial charge is 0.378 e. The molecule has 0 bridgehead atoms. The van der Waals surface area contributed by atoms with E-state index in [1.165, 1.54) is 6.42 Å². The van der Waals surface area contributed by atoms with Gasteiger partial charge < -0.3 is 21.1 Å². The maximum absolute atomic E-state index is 6.38. The minimum absolute atomic E-state index is 0.291. The van der Waals surface area contributed by atoms with Crippen LogP contribution in [-0.4, -0.2) is 43.9 Å². The zero-order chi connectivity index (χ0) is 17.3. The van der Waals surface area contributed by atoms with Crippen molar-refractivity contribution in [3.05, 3.63) is 24.3 Å². The fourth-order valence-corrected chi connectivity index (χ4v) is 4.19. The number of benzene rings is 1. The zero-order valence-corrected chi connectivity index (χ0v) is 14.5. The van der Waals surface area contributed by atoms with Crippen molar-refractivity contribution in [2.45, 2.75) is 37.8 Å². The van der Waals surface area contributed by atoms with Crippen LogP contribution in [0, 0.1) is 0 Å². The zero-order valence-electron chi connectivity index (χ0n) is 14.5. The number of guanidine groups is 2. The van der Waals surface area contributed by atoms with Gasteiger partial charge in [0.1, 0.15) is 5.66 Å². The topological polar surface area (TPSA) is 92.5 Å². The van der Waals surface area contributed by atoms with Crippen LogP contribution in [0.4, 0.5) is 11.4 Å². The molecule has 0 unspecified atom stereocenters. The summed E-state index contributed by atoms with van der Waals surface area (Å²) < 4.78 is 5.51. The molecule has 1 spiro atoms. The molecule has 1 saturated heterocycles.